The van der Waals surface area contributed by atoms with Crippen molar-refractivity contribution in [1.29, 1.82) is 0 Å². The van der Waals surface area contributed by atoms with Gasteiger partial charge < -0.3 is 4.74 Å². The number of hydrogen-bond donors (Lipinski definition) is 0. The molecule has 1 aliphatic rings. The molecule has 0 saturated heterocycles. The van der Waals surface area contributed by atoms with Crippen molar-refractivity contribution in [2.45, 2.75) is 20.3 Å². The number of imidazole rings is 1. The highest BCUT2D eigenvalue weighted by atomic mass is 32.1. The molecule has 4 nitrogen and oxygen atoms in total. The molecular weight excluding hydrogens is 350 g/mol. The minimum Gasteiger partial charge on any atom is -0.377 e. The molecule has 1 aliphatic heterocycles. The fourth-order valence-electron chi connectivity index (χ4n) is 3.24. The van der Waals surface area contributed by atoms with Crippen LogP contribution in [0.2, 0.25) is 0 Å². The molecule has 4 aromatic heterocycles. The molecule has 6 heteroatoms. The predicted molar refractivity (Wildman–Crippen MR) is 105 cm³/mol. The third-order valence-electron chi connectivity index (χ3n) is 4.47. The summed E-state index contributed by atoms with van der Waals surface area (Å²) < 4.78 is 9.99. The Morgan fingerprint density at radius 3 is 2.68 bits per heavy atom. The Balaban J connectivity index is 1.57. The van der Waals surface area contributed by atoms with Crippen molar-refractivity contribution >= 4 is 43.3 Å². The summed E-state index contributed by atoms with van der Waals surface area (Å²) in [5.41, 5.74) is 5.53. The number of hydrogen-bond acceptors (Lipinski definition) is 5. The molecule has 0 saturated carbocycles. The fourth-order valence-corrected chi connectivity index (χ4v) is 5.66. The van der Waals surface area contributed by atoms with Crippen LogP contribution in [-0.4, -0.2) is 27.8 Å². The number of aromatic nitrogens is 3. The summed E-state index contributed by atoms with van der Waals surface area (Å²) >= 11 is 3.69. The number of nitrogens with zero attached hydrogens (tertiary/aromatic N) is 3. The molecular formula is C19H17N3OS2. The van der Waals surface area contributed by atoms with Gasteiger partial charge in [0.05, 0.1) is 30.0 Å². The Hall–Kier alpha value is -2.02. The standard InChI is InChI=1S/C19H17N3OS2/c1-11-7-14(21-22-10-12(2)20-19(11)22)16-9-18-17(25-16)8-15(24-18)13-3-5-23-6-4-13/h3,7-10H,4-6H2,1-2H3. The summed E-state index contributed by atoms with van der Waals surface area (Å²) in [6.07, 6.45) is 5.20. The normalized spacial score (nSPS) is 15.2. The molecule has 25 heavy (non-hydrogen) atoms. The van der Waals surface area contributed by atoms with E-state index in [2.05, 4.69) is 36.2 Å². The fraction of sp³-hybridized carbons (Fsp3) is 0.263. The Morgan fingerprint density at radius 2 is 1.88 bits per heavy atom. The second-order valence-corrected chi connectivity index (χ2v) is 8.53. The maximum Gasteiger partial charge on any atom is 0.156 e. The highest BCUT2D eigenvalue weighted by molar-refractivity contribution is 7.29. The lowest BCUT2D eigenvalue weighted by Gasteiger charge is -2.11. The highest BCUT2D eigenvalue weighted by Crippen LogP contribution is 2.40. The quantitative estimate of drug-likeness (QED) is 0.495. The van der Waals surface area contributed by atoms with Crippen LogP contribution in [0.15, 0.2) is 30.5 Å². The molecule has 0 spiro atoms. The largest absolute Gasteiger partial charge is 0.377 e. The van der Waals surface area contributed by atoms with Gasteiger partial charge >= 0.3 is 0 Å². The number of fused-ring (bicyclic) bond motifs is 2. The lowest BCUT2D eigenvalue weighted by atomic mass is 10.1. The van der Waals surface area contributed by atoms with Gasteiger partial charge in [0.2, 0.25) is 0 Å². The first-order valence-corrected chi connectivity index (χ1v) is 9.95. The van der Waals surface area contributed by atoms with Crippen LogP contribution in [0.1, 0.15) is 22.6 Å². The second kappa shape index (κ2) is 5.76. The van der Waals surface area contributed by atoms with Gasteiger partial charge in [-0.15, -0.1) is 22.7 Å². The molecule has 126 valence electrons. The van der Waals surface area contributed by atoms with Crippen molar-refractivity contribution in [3.8, 4) is 10.6 Å². The molecule has 0 fully saturated rings. The first kappa shape index (κ1) is 15.3. The van der Waals surface area contributed by atoms with E-state index in [0.29, 0.717) is 0 Å². The van der Waals surface area contributed by atoms with Gasteiger partial charge in [0.1, 0.15) is 5.69 Å². The molecule has 0 radical (unpaired) electrons. The van der Waals surface area contributed by atoms with Gasteiger partial charge in [-0.2, -0.15) is 5.10 Å². The Labute approximate surface area is 153 Å². The van der Waals surface area contributed by atoms with Crippen molar-refractivity contribution in [2.24, 2.45) is 0 Å². The molecule has 0 aliphatic carbocycles. The average molecular weight is 367 g/mol. The number of thiophene rings is 2. The number of aryl methyl sites for hydroxylation is 2. The first-order chi connectivity index (χ1) is 12.2. The summed E-state index contributed by atoms with van der Waals surface area (Å²) in [6.45, 7) is 5.66. The topological polar surface area (TPSA) is 39.4 Å². The molecule has 0 aromatic carbocycles. The van der Waals surface area contributed by atoms with Crippen LogP contribution in [0.4, 0.5) is 0 Å². The third kappa shape index (κ3) is 2.61. The second-order valence-electron chi connectivity index (χ2n) is 6.37. The van der Waals surface area contributed by atoms with Crippen molar-refractivity contribution < 1.29 is 4.74 Å². The molecule has 0 N–H and O–H groups in total. The van der Waals surface area contributed by atoms with Crippen LogP contribution in [0, 0.1) is 13.8 Å². The highest BCUT2D eigenvalue weighted by Gasteiger charge is 2.14. The summed E-state index contributed by atoms with van der Waals surface area (Å²) in [7, 11) is 0. The van der Waals surface area contributed by atoms with E-state index in [1.807, 2.05) is 40.3 Å². The van der Waals surface area contributed by atoms with Gasteiger partial charge in [-0.05, 0) is 49.6 Å². The molecule has 5 rings (SSSR count). The van der Waals surface area contributed by atoms with Gasteiger partial charge in [0.25, 0.3) is 0 Å². The average Bonchev–Trinajstić information content (AvgIpc) is 3.27. The van der Waals surface area contributed by atoms with Crippen molar-refractivity contribution in [1.82, 2.24) is 14.6 Å². The zero-order chi connectivity index (χ0) is 17.0. The van der Waals surface area contributed by atoms with E-state index in [0.717, 1.165) is 42.2 Å². The van der Waals surface area contributed by atoms with Crippen LogP contribution in [0.3, 0.4) is 0 Å². The van der Waals surface area contributed by atoms with E-state index >= 15 is 0 Å². The van der Waals surface area contributed by atoms with Gasteiger partial charge in [-0.1, -0.05) is 6.08 Å². The van der Waals surface area contributed by atoms with Gasteiger partial charge in [-0.3, -0.25) is 0 Å². The van der Waals surface area contributed by atoms with Crippen LogP contribution >= 0.6 is 22.7 Å². The van der Waals surface area contributed by atoms with E-state index in [4.69, 9.17) is 9.84 Å². The Morgan fingerprint density at radius 1 is 1.08 bits per heavy atom. The van der Waals surface area contributed by atoms with E-state index in [1.54, 1.807) is 0 Å². The number of ether oxygens (including phenoxy) is 1. The Bertz CT molecular complexity index is 1100. The zero-order valence-electron chi connectivity index (χ0n) is 14.1. The minimum atomic E-state index is 0.736. The molecule has 0 amide bonds. The van der Waals surface area contributed by atoms with E-state index in [-0.39, 0.29) is 0 Å². The maximum absolute atomic E-state index is 5.42. The molecule has 0 atom stereocenters. The summed E-state index contributed by atoms with van der Waals surface area (Å²) in [4.78, 5) is 7.12. The molecule has 0 bridgehead atoms. The predicted octanol–water partition coefficient (Wildman–Crippen LogP) is 5.09. The van der Waals surface area contributed by atoms with E-state index in [1.165, 1.54) is 24.7 Å². The van der Waals surface area contributed by atoms with Gasteiger partial charge in [0, 0.05) is 14.3 Å². The lowest BCUT2D eigenvalue weighted by molar-refractivity contribution is 0.161. The van der Waals surface area contributed by atoms with E-state index in [9.17, 15) is 0 Å². The third-order valence-corrected chi connectivity index (χ3v) is 6.86. The molecule has 5 heterocycles. The SMILES string of the molecule is Cc1cn2nc(-c3cc4sc(C5=CCOCC5)cc4s3)cc(C)c2n1. The number of rotatable bonds is 2. The van der Waals surface area contributed by atoms with Crippen LogP contribution in [0.25, 0.3) is 31.2 Å². The van der Waals surface area contributed by atoms with Gasteiger partial charge in [-0.25, -0.2) is 9.50 Å². The Kier molecular flexibility index (Phi) is 3.51. The summed E-state index contributed by atoms with van der Waals surface area (Å²) in [5.74, 6) is 0. The molecule has 4 aromatic rings. The lowest BCUT2D eigenvalue weighted by Crippen LogP contribution is -2.02. The van der Waals surface area contributed by atoms with Crippen LogP contribution in [-0.2, 0) is 4.74 Å². The van der Waals surface area contributed by atoms with Crippen LogP contribution in [0.5, 0.6) is 0 Å². The minimum absolute atomic E-state index is 0.736. The molecule has 0 unspecified atom stereocenters. The summed E-state index contributed by atoms with van der Waals surface area (Å²) in [5, 5.41) is 4.76. The van der Waals surface area contributed by atoms with Crippen molar-refractivity contribution in [2.75, 3.05) is 13.2 Å². The maximum atomic E-state index is 5.42. The van der Waals surface area contributed by atoms with Crippen LogP contribution < -0.4 is 0 Å². The zero-order valence-corrected chi connectivity index (χ0v) is 15.7. The smallest absolute Gasteiger partial charge is 0.156 e. The monoisotopic (exact) mass is 367 g/mol. The van der Waals surface area contributed by atoms with E-state index < -0.39 is 0 Å². The van der Waals surface area contributed by atoms with Gasteiger partial charge in [0.15, 0.2) is 5.65 Å². The van der Waals surface area contributed by atoms with Crippen molar-refractivity contribution in [3.05, 3.63) is 46.6 Å². The van der Waals surface area contributed by atoms with Crippen molar-refractivity contribution in [3.63, 3.8) is 0 Å². The first-order valence-electron chi connectivity index (χ1n) is 8.32. The summed E-state index contributed by atoms with van der Waals surface area (Å²) in [6, 6.07) is 6.72.